The average molecular weight is 304 g/mol. The number of carbonyl (C=O) groups excluding carboxylic acids is 1. The molecule has 1 heterocycles. The minimum atomic E-state index is 0.0446. The fourth-order valence-corrected chi connectivity index (χ4v) is 2.99. The topological polar surface area (TPSA) is 41.6 Å². The number of methoxy groups -OCH3 is 1. The summed E-state index contributed by atoms with van der Waals surface area (Å²) in [5.41, 5.74) is 1.13. The van der Waals surface area contributed by atoms with Gasteiger partial charge in [-0.1, -0.05) is 32.4 Å². The minimum Gasteiger partial charge on any atom is -0.497 e. The molecule has 4 heteroatoms. The van der Waals surface area contributed by atoms with Crippen molar-refractivity contribution >= 4 is 5.91 Å². The van der Waals surface area contributed by atoms with E-state index in [4.69, 9.17) is 4.74 Å². The summed E-state index contributed by atoms with van der Waals surface area (Å²) in [6.07, 6.45) is 3.71. The van der Waals surface area contributed by atoms with Gasteiger partial charge in [0.25, 0.3) is 0 Å². The maximum atomic E-state index is 12.3. The van der Waals surface area contributed by atoms with E-state index in [0.717, 1.165) is 24.4 Å². The second kappa shape index (κ2) is 8.18. The molecule has 1 saturated heterocycles. The predicted octanol–water partition coefficient (Wildman–Crippen LogP) is 2.99. The van der Waals surface area contributed by atoms with Crippen LogP contribution in [0.4, 0.5) is 0 Å². The summed E-state index contributed by atoms with van der Waals surface area (Å²) in [5.74, 6) is 1.31. The minimum absolute atomic E-state index is 0.0446. The van der Waals surface area contributed by atoms with E-state index in [2.05, 4.69) is 24.1 Å². The van der Waals surface area contributed by atoms with Crippen LogP contribution in [-0.4, -0.2) is 37.6 Å². The fourth-order valence-electron chi connectivity index (χ4n) is 2.99. The van der Waals surface area contributed by atoms with Gasteiger partial charge in [0, 0.05) is 0 Å². The number of carbonyl (C=O) groups is 1. The molecular weight excluding hydrogens is 276 g/mol. The highest BCUT2D eigenvalue weighted by atomic mass is 16.5. The van der Waals surface area contributed by atoms with Gasteiger partial charge in [0.2, 0.25) is 5.91 Å². The van der Waals surface area contributed by atoms with Gasteiger partial charge in [-0.2, -0.15) is 0 Å². The number of piperidine rings is 1. The molecule has 1 amide bonds. The molecule has 22 heavy (non-hydrogen) atoms. The number of likely N-dealkylation sites (tertiary alicyclic amines) is 1. The molecule has 1 aromatic rings. The first-order valence-electron chi connectivity index (χ1n) is 8.26. The Balaban J connectivity index is 1.96. The lowest BCUT2D eigenvalue weighted by molar-refractivity contribution is -0.123. The van der Waals surface area contributed by atoms with Crippen LogP contribution in [-0.2, 0) is 4.79 Å². The SMILES string of the molecule is COc1ccc(C(NC(=O)CN2CCCCC2)C(C)C)cc1. The Morgan fingerprint density at radius 3 is 2.36 bits per heavy atom. The third-order valence-corrected chi connectivity index (χ3v) is 4.27. The van der Waals surface area contributed by atoms with Crippen LogP contribution in [0.25, 0.3) is 0 Å². The molecule has 0 aliphatic carbocycles. The Labute approximate surface area is 133 Å². The second-order valence-electron chi connectivity index (χ2n) is 6.40. The highest BCUT2D eigenvalue weighted by molar-refractivity contribution is 5.78. The zero-order valence-corrected chi connectivity index (χ0v) is 14.0. The number of benzene rings is 1. The van der Waals surface area contributed by atoms with Gasteiger partial charge < -0.3 is 10.1 Å². The number of amides is 1. The fraction of sp³-hybridized carbons (Fsp3) is 0.611. The number of ether oxygens (including phenoxy) is 1. The molecule has 1 atom stereocenters. The molecule has 122 valence electrons. The molecule has 0 saturated carbocycles. The van der Waals surface area contributed by atoms with Crippen molar-refractivity contribution in [3.8, 4) is 5.75 Å². The Morgan fingerprint density at radius 2 is 1.82 bits per heavy atom. The summed E-state index contributed by atoms with van der Waals surface area (Å²) in [5, 5.41) is 3.20. The zero-order chi connectivity index (χ0) is 15.9. The van der Waals surface area contributed by atoms with Crippen molar-refractivity contribution in [3.05, 3.63) is 29.8 Å². The van der Waals surface area contributed by atoms with Crippen molar-refractivity contribution in [1.82, 2.24) is 10.2 Å². The van der Waals surface area contributed by atoms with E-state index >= 15 is 0 Å². The Morgan fingerprint density at radius 1 is 1.18 bits per heavy atom. The van der Waals surface area contributed by atoms with Crippen LogP contribution in [0.2, 0.25) is 0 Å². The monoisotopic (exact) mass is 304 g/mol. The lowest BCUT2D eigenvalue weighted by Gasteiger charge is -2.28. The van der Waals surface area contributed by atoms with Crippen molar-refractivity contribution in [2.45, 2.75) is 39.2 Å². The first-order valence-corrected chi connectivity index (χ1v) is 8.26. The summed E-state index contributed by atoms with van der Waals surface area (Å²) in [4.78, 5) is 14.6. The summed E-state index contributed by atoms with van der Waals surface area (Å²) >= 11 is 0. The summed E-state index contributed by atoms with van der Waals surface area (Å²) in [6.45, 7) is 6.87. The predicted molar refractivity (Wildman–Crippen MR) is 89.0 cm³/mol. The molecule has 1 aliphatic rings. The highest BCUT2D eigenvalue weighted by Gasteiger charge is 2.20. The van der Waals surface area contributed by atoms with Crippen LogP contribution in [0.1, 0.15) is 44.7 Å². The number of nitrogens with zero attached hydrogens (tertiary/aromatic N) is 1. The molecule has 1 fully saturated rings. The second-order valence-corrected chi connectivity index (χ2v) is 6.40. The quantitative estimate of drug-likeness (QED) is 0.878. The smallest absolute Gasteiger partial charge is 0.234 e. The molecule has 1 N–H and O–H groups in total. The van der Waals surface area contributed by atoms with Gasteiger partial charge in [-0.25, -0.2) is 0 Å². The van der Waals surface area contributed by atoms with Gasteiger partial charge in [0.15, 0.2) is 0 Å². The number of hydrogen-bond acceptors (Lipinski definition) is 3. The average Bonchev–Trinajstić information content (AvgIpc) is 2.53. The molecule has 0 spiro atoms. The maximum Gasteiger partial charge on any atom is 0.234 e. The molecule has 0 bridgehead atoms. The van der Waals surface area contributed by atoms with Crippen molar-refractivity contribution in [2.24, 2.45) is 5.92 Å². The van der Waals surface area contributed by atoms with Gasteiger partial charge in [-0.15, -0.1) is 0 Å². The van der Waals surface area contributed by atoms with Crippen LogP contribution in [0.15, 0.2) is 24.3 Å². The van der Waals surface area contributed by atoms with Crippen molar-refractivity contribution < 1.29 is 9.53 Å². The van der Waals surface area contributed by atoms with E-state index in [0.29, 0.717) is 12.5 Å². The van der Waals surface area contributed by atoms with Crippen LogP contribution < -0.4 is 10.1 Å². The van der Waals surface area contributed by atoms with Crippen LogP contribution >= 0.6 is 0 Å². The van der Waals surface area contributed by atoms with E-state index in [9.17, 15) is 4.79 Å². The van der Waals surface area contributed by atoms with Gasteiger partial charge in [-0.3, -0.25) is 9.69 Å². The van der Waals surface area contributed by atoms with Crippen LogP contribution in [0, 0.1) is 5.92 Å². The van der Waals surface area contributed by atoms with Gasteiger partial charge >= 0.3 is 0 Å². The standard InChI is InChI=1S/C18H28N2O2/c1-14(2)18(15-7-9-16(22-3)10-8-15)19-17(21)13-20-11-5-4-6-12-20/h7-10,14,18H,4-6,11-13H2,1-3H3,(H,19,21). The third-order valence-electron chi connectivity index (χ3n) is 4.27. The third kappa shape index (κ3) is 4.73. The number of rotatable bonds is 6. The summed E-state index contributed by atoms with van der Waals surface area (Å²) in [6, 6.07) is 8.00. The molecule has 1 aromatic carbocycles. The maximum absolute atomic E-state index is 12.3. The molecule has 2 rings (SSSR count). The van der Waals surface area contributed by atoms with Crippen molar-refractivity contribution in [2.75, 3.05) is 26.7 Å². The Kier molecular flexibility index (Phi) is 6.25. The zero-order valence-electron chi connectivity index (χ0n) is 14.0. The summed E-state index contributed by atoms with van der Waals surface area (Å²) in [7, 11) is 1.66. The largest absolute Gasteiger partial charge is 0.497 e. The molecule has 4 nitrogen and oxygen atoms in total. The van der Waals surface area contributed by atoms with Crippen LogP contribution in [0.5, 0.6) is 5.75 Å². The Hall–Kier alpha value is -1.55. The highest BCUT2D eigenvalue weighted by Crippen LogP contribution is 2.24. The van der Waals surface area contributed by atoms with Crippen LogP contribution in [0.3, 0.4) is 0 Å². The van der Waals surface area contributed by atoms with Gasteiger partial charge in [-0.05, 0) is 49.5 Å². The number of hydrogen-bond donors (Lipinski definition) is 1. The van der Waals surface area contributed by atoms with Crippen molar-refractivity contribution in [1.29, 1.82) is 0 Å². The van der Waals surface area contributed by atoms with E-state index in [1.807, 2.05) is 24.3 Å². The first kappa shape index (κ1) is 16.8. The molecule has 1 unspecified atom stereocenters. The molecule has 0 aromatic heterocycles. The van der Waals surface area contributed by atoms with Crippen molar-refractivity contribution in [3.63, 3.8) is 0 Å². The summed E-state index contributed by atoms with van der Waals surface area (Å²) < 4.78 is 5.20. The Bertz CT molecular complexity index is 464. The molecule has 1 aliphatic heterocycles. The normalized spacial score (nSPS) is 17.3. The molecule has 0 radical (unpaired) electrons. The number of nitrogens with one attached hydrogen (secondary N) is 1. The lowest BCUT2D eigenvalue weighted by atomic mass is 9.96. The van der Waals surface area contributed by atoms with E-state index in [1.165, 1.54) is 19.3 Å². The van der Waals surface area contributed by atoms with Gasteiger partial charge in [0.05, 0.1) is 19.7 Å². The molecular formula is C18H28N2O2. The first-order chi connectivity index (χ1) is 10.6. The van der Waals surface area contributed by atoms with E-state index in [1.54, 1.807) is 7.11 Å². The van der Waals surface area contributed by atoms with Gasteiger partial charge in [0.1, 0.15) is 5.75 Å². The van der Waals surface area contributed by atoms with E-state index in [-0.39, 0.29) is 11.9 Å². The van der Waals surface area contributed by atoms with E-state index < -0.39 is 0 Å². The lowest BCUT2D eigenvalue weighted by Crippen LogP contribution is -2.42.